The molecular formula is C40H36N2OS+2. The van der Waals surface area contributed by atoms with Crippen LogP contribution in [0.1, 0.15) is 60.4 Å². The predicted octanol–water partition coefficient (Wildman–Crippen LogP) is 9.46. The van der Waals surface area contributed by atoms with Crippen LogP contribution >= 0.6 is 11.3 Å². The largest absolute Gasteiger partial charge is 0.454 e. The molecule has 44 heavy (non-hydrogen) atoms. The van der Waals surface area contributed by atoms with Crippen molar-refractivity contribution in [3.05, 3.63) is 117 Å². The Bertz CT molecular complexity index is 2420. The number of nitrogens with zero attached hydrogens (tertiary/aromatic N) is 2. The summed E-state index contributed by atoms with van der Waals surface area (Å²) in [6.07, 6.45) is 5.48. The maximum absolute atomic E-state index is 8.66. The molecule has 0 saturated heterocycles. The number of rotatable bonds is 1. The summed E-state index contributed by atoms with van der Waals surface area (Å²) in [4.78, 5) is 1.34. The van der Waals surface area contributed by atoms with Gasteiger partial charge in [0, 0.05) is 40.3 Å². The van der Waals surface area contributed by atoms with Gasteiger partial charge in [0.15, 0.2) is 18.0 Å². The van der Waals surface area contributed by atoms with Gasteiger partial charge in [-0.05, 0) is 92.4 Å². The molecule has 2 aliphatic rings. The van der Waals surface area contributed by atoms with Gasteiger partial charge in [-0.3, -0.25) is 0 Å². The highest BCUT2D eigenvalue weighted by Crippen LogP contribution is 2.51. The van der Waals surface area contributed by atoms with E-state index in [2.05, 4.69) is 130 Å². The molecule has 0 fully saturated rings. The highest BCUT2D eigenvalue weighted by atomic mass is 32.1. The molecule has 2 aliphatic heterocycles. The van der Waals surface area contributed by atoms with Gasteiger partial charge >= 0.3 is 5.66 Å². The first-order valence-corrected chi connectivity index (χ1v) is 16.3. The molecule has 1 atom stereocenters. The molecule has 9 rings (SSSR count). The first-order valence-electron chi connectivity index (χ1n) is 16.2. The van der Waals surface area contributed by atoms with Gasteiger partial charge in [0.1, 0.15) is 22.3 Å². The number of fused-ring (bicyclic) bond motifs is 16. The molecule has 0 radical (unpaired) electrons. The minimum absolute atomic E-state index is 0.0895. The quantitative estimate of drug-likeness (QED) is 0.174. The minimum atomic E-state index is -0.634. The van der Waals surface area contributed by atoms with Crippen molar-refractivity contribution in [2.75, 3.05) is 0 Å². The van der Waals surface area contributed by atoms with Crippen LogP contribution < -0.4 is 9.13 Å². The molecule has 0 aliphatic carbocycles. The van der Waals surface area contributed by atoms with E-state index in [1.165, 1.54) is 59.4 Å². The van der Waals surface area contributed by atoms with Gasteiger partial charge in [0.05, 0.1) is 10.3 Å². The molecule has 7 aromatic rings. The Labute approximate surface area is 263 Å². The third-order valence-electron chi connectivity index (χ3n) is 9.94. The second-order valence-electron chi connectivity index (χ2n) is 14.1. The van der Waals surface area contributed by atoms with E-state index < -0.39 is 5.66 Å². The maximum atomic E-state index is 8.66. The molecule has 6 heterocycles. The van der Waals surface area contributed by atoms with Gasteiger partial charge in [0.2, 0.25) is 11.4 Å². The van der Waals surface area contributed by atoms with Gasteiger partial charge in [-0.15, -0.1) is 20.5 Å². The summed E-state index contributed by atoms with van der Waals surface area (Å²) in [5, 5.41) is 3.60. The summed E-state index contributed by atoms with van der Waals surface area (Å²) in [7, 11) is 0. The molecule has 3 aromatic carbocycles. The van der Waals surface area contributed by atoms with Crippen LogP contribution in [-0.2, 0) is 12.1 Å². The van der Waals surface area contributed by atoms with Crippen molar-refractivity contribution in [1.82, 2.24) is 0 Å². The lowest BCUT2D eigenvalue weighted by Gasteiger charge is -2.21. The summed E-state index contributed by atoms with van der Waals surface area (Å²) >= 11 is 1.83. The third kappa shape index (κ3) is 3.17. The summed E-state index contributed by atoms with van der Waals surface area (Å²) < 4.78 is 21.9. The average Bonchev–Trinajstić information content (AvgIpc) is 3.70. The molecule has 0 saturated carbocycles. The van der Waals surface area contributed by atoms with Gasteiger partial charge < -0.3 is 4.42 Å². The van der Waals surface area contributed by atoms with Crippen molar-refractivity contribution in [3.8, 4) is 22.5 Å². The van der Waals surface area contributed by atoms with Gasteiger partial charge in [0.25, 0.3) is 0 Å². The fourth-order valence-corrected chi connectivity index (χ4v) is 9.10. The minimum Gasteiger partial charge on any atom is -0.454 e. The Balaban J connectivity index is 1.48. The number of aromatic nitrogens is 2. The van der Waals surface area contributed by atoms with E-state index in [4.69, 9.17) is 5.79 Å². The van der Waals surface area contributed by atoms with E-state index >= 15 is 0 Å². The number of hydrogen-bond donors (Lipinski definition) is 0. The first-order chi connectivity index (χ1) is 21.6. The number of benzene rings is 3. The van der Waals surface area contributed by atoms with E-state index in [0.29, 0.717) is 0 Å². The molecule has 1 spiro atoms. The van der Waals surface area contributed by atoms with Crippen molar-refractivity contribution in [3.63, 3.8) is 0 Å². The van der Waals surface area contributed by atoms with Crippen LogP contribution in [0.5, 0.6) is 0 Å². The maximum Gasteiger partial charge on any atom is 0.417 e. The Morgan fingerprint density at radius 2 is 1.57 bits per heavy atom. The van der Waals surface area contributed by atoms with Gasteiger partial charge in [-0.1, -0.05) is 39.0 Å². The van der Waals surface area contributed by atoms with Crippen molar-refractivity contribution in [2.24, 2.45) is 5.41 Å². The van der Waals surface area contributed by atoms with Crippen LogP contribution in [0.3, 0.4) is 0 Å². The molecule has 3 nitrogen and oxygen atoms in total. The van der Waals surface area contributed by atoms with Gasteiger partial charge in [-0.2, -0.15) is 0 Å². The molecule has 4 aromatic heterocycles. The molecular weight excluding hydrogens is 557 g/mol. The zero-order valence-electron chi connectivity index (χ0n) is 27.1. The second kappa shape index (κ2) is 8.46. The van der Waals surface area contributed by atoms with E-state index in [1.54, 1.807) is 0 Å². The zero-order valence-corrected chi connectivity index (χ0v) is 26.9. The van der Waals surface area contributed by atoms with Crippen LogP contribution in [0.25, 0.3) is 54.5 Å². The standard InChI is InChI=1S/C40H36N2OS/c1-22-12-17-33-30-10-8-9-11-31(30)40(41(33)20-22)32-16-15-28-29-14-13-27-24(3)25(4)44-38(27)37(29)43-36(28)35(32)34-18-26(19-39(5,6)7)23(2)21-42(34)40/h8-18,20-21H,19H2,1-7H3/q+2/i2D. The normalized spacial score (nSPS) is 17.0. The molecule has 0 amide bonds. The Morgan fingerprint density at radius 1 is 0.818 bits per heavy atom. The number of thiophene rings is 1. The Kier molecular flexibility index (Phi) is 4.82. The van der Waals surface area contributed by atoms with Crippen molar-refractivity contribution in [1.29, 1.82) is 0 Å². The Hall–Kier alpha value is -4.28. The highest BCUT2D eigenvalue weighted by molar-refractivity contribution is 7.20. The lowest BCUT2D eigenvalue weighted by atomic mass is 9.86. The molecule has 0 bridgehead atoms. The molecule has 4 heteroatoms. The highest BCUT2D eigenvalue weighted by Gasteiger charge is 2.67. The average molecular weight is 594 g/mol. The topological polar surface area (TPSA) is 20.9 Å². The predicted molar refractivity (Wildman–Crippen MR) is 180 cm³/mol. The number of pyridine rings is 2. The SMILES string of the molecule is [2H]Cc1c[n+]2c(cc1CC(C)(C)C)-c1c(ccc3c1oc1c3ccc3c(C)c(C)sc31)C21c2ccccc2-c2ccc(C)c[n+]21. The van der Waals surface area contributed by atoms with Crippen molar-refractivity contribution < 1.29 is 14.9 Å². The van der Waals surface area contributed by atoms with Crippen LogP contribution in [-0.4, -0.2) is 0 Å². The Morgan fingerprint density at radius 3 is 2.39 bits per heavy atom. The summed E-state index contributed by atoms with van der Waals surface area (Å²) in [5.74, 6) is 0. The summed E-state index contributed by atoms with van der Waals surface area (Å²) in [6, 6.07) is 24.8. The lowest BCUT2D eigenvalue weighted by molar-refractivity contribution is -0.955. The zero-order chi connectivity index (χ0) is 31.0. The van der Waals surface area contributed by atoms with E-state index in [0.717, 1.165) is 39.8 Å². The smallest absolute Gasteiger partial charge is 0.417 e. The first kappa shape index (κ1) is 25.1. The van der Waals surface area contributed by atoms with Crippen LogP contribution in [0.4, 0.5) is 0 Å². The molecule has 1 unspecified atom stereocenters. The lowest BCUT2D eigenvalue weighted by Crippen LogP contribution is -2.71. The fraction of sp³-hybridized carbons (Fsp3) is 0.250. The summed E-state index contributed by atoms with van der Waals surface area (Å²) in [6.45, 7) is 13.7. The number of furan rings is 1. The van der Waals surface area contributed by atoms with E-state index in [-0.39, 0.29) is 12.3 Å². The van der Waals surface area contributed by atoms with Crippen LogP contribution in [0, 0.1) is 33.1 Å². The van der Waals surface area contributed by atoms with E-state index in [1.807, 2.05) is 11.3 Å². The molecule has 216 valence electrons. The number of aryl methyl sites for hydroxylation is 4. The second-order valence-corrected chi connectivity index (χ2v) is 15.3. The van der Waals surface area contributed by atoms with Crippen LogP contribution in [0.2, 0.25) is 0 Å². The fourth-order valence-electron chi connectivity index (χ4n) is 7.96. The van der Waals surface area contributed by atoms with Crippen molar-refractivity contribution >= 4 is 43.4 Å². The monoisotopic (exact) mass is 593 g/mol. The summed E-state index contributed by atoms with van der Waals surface area (Å²) in [5.41, 5.74) is 13.5. The van der Waals surface area contributed by atoms with Gasteiger partial charge in [-0.25, -0.2) is 0 Å². The molecule has 0 N–H and O–H groups in total. The van der Waals surface area contributed by atoms with Crippen LogP contribution in [0.15, 0.2) is 83.5 Å². The third-order valence-corrected chi connectivity index (χ3v) is 11.2. The van der Waals surface area contributed by atoms with Crippen molar-refractivity contribution in [2.45, 2.75) is 60.5 Å². The number of hydrogen-bond acceptors (Lipinski definition) is 2. The van der Waals surface area contributed by atoms with E-state index in [9.17, 15) is 0 Å².